The summed E-state index contributed by atoms with van der Waals surface area (Å²) in [5.41, 5.74) is 1.63. The van der Waals surface area contributed by atoms with Crippen LogP contribution in [0.25, 0.3) is 0 Å². The lowest BCUT2D eigenvalue weighted by molar-refractivity contribution is 0.0955. The van der Waals surface area contributed by atoms with Gasteiger partial charge in [0, 0.05) is 23.4 Å². The third kappa shape index (κ3) is 6.01. The molecular weight excluding hydrogens is 356 g/mol. The van der Waals surface area contributed by atoms with Gasteiger partial charge in [-0.2, -0.15) is 0 Å². The second-order valence-corrected chi connectivity index (χ2v) is 6.25. The molecule has 28 heavy (non-hydrogen) atoms. The molecule has 0 bridgehead atoms. The Morgan fingerprint density at radius 3 is 2.00 bits per heavy atom. The maximum atomic E-state index is 12.6. The van der Waals surface area contributed by atoms with Crippen molar-refractivity contribution in [2.75, 3.05) is 25.1 Å². The molecule has 2 amide bonds. The number of carbonyl (C=O) groups is 2. The van der Waals surface area contributed by atoms with E-state index in [2.05, 4.69) is 10.6 Å². The molecule has 0 heterocycles. The Hall–Kier alpha value is -3.02. The molecule has 150 valence electrons. The maximum Gasteiger partial charge on any atom is 0.255 e. The zero-order valence-corrected chi connectivity index (χ0v) is 16.7. The van der Waals surface area contributed by atoms with Gasteiger partial charge in [0.1, 0.15) is 0 Å². The molecule has 6 nitrogen and oxygen atoms in total. The van der Waals surface area contributed by atoms with E-state index >= 15 is 0 Å². The van der Waals surface area contributed by atoms with Gasteiger partial charge in [0.05, 0.1) is 13.2 Å². The van der Waals surface area contributed by atoms with E-state index in [0.717, 1.165) is 12.8 Å². The normalized spacial score (nSPS) is 10.2. The van der Waals surface area contributed by atoms with Gasteiger partial charge >= 0.3 is 0 Å². The van der Waals surface area contributed by atoms with Crippen LogP contribution in [0, 0.1) is 0 Å². The Bertz CT molecular complexity index is 788. The van der Waals surface area contributed by atoms with Crippen LogP contribution in [-0.4, -0.2) is 31.6 Å². The van der Waals surface area contributed by atoms with Crippen LogP contribution in [0.15, 0.2) is 42.5 Å². The standard InChI is InChI=1S/C22H28N2O4/c1-4-13-27-19-12-9-17(15-20(19)28-14-5-2)22(26)24-18-10-7-16(8-11-18)21(25)23-6-3/h7-12,15H,4-6,13-14H2,1-3H3,(H,23,25)(H,24,26). The van der Waals surface area contributed by atoms with Crippen molar-refractivity contribution in [2.24, 2.45) is 0 Å². The van der Waals surface area contributed by atoms with E-state index < -0.39 is 0 Å². The SMILES string of the molecule is CCCOc1ccc(C(=O)Nc2ccc(C(=O)NCC)cc2)cc1OCCC. The lowest BCUT2D eigenvalue weighted by Crippen LogP contribution is -2.22. The van der Waals surface area contributed by atoms with Gasteiger partial charge in [-0.05, 0) is 62.2 Å². The van der Waals surface area contributed by atoms with Crippen molar-refractivity contribution in [3.63, 3.8) is 0 Å². The number of ether oxygens (including phenoxy) is 2. The van der Waals surface area contributed by atoms with E-state index in [1.165, 1.54) is 0 Å². The molecule has 0 aliphatic carbocycles. The van der Waals surface area contributed by atoms with Crippen LogP contribution in [0.1, 0.15) is 54.3 Å². The first-order valence-electron chi connectivity index (χ1n) is 9.68. The quantitative estimate of drug-likeness (QED) is 0.641. The Labute approximate surface area is 166 Å². The van der Waals surface area contributed by atoms with E-state index in [0.29, 0.717) is 48.1 Å². The van der Waals surface area contributed by atoms with E-state index in [9.17, 15) is 9.59 Å². The fourth-order valence-corrected chi connectivity index (χ4v) is 2.48. The van der Waals surface area contributed by atoms with Gasteiger partial charge in [-0.3, -0.25) is 9.59 Å². The average Bonchev–Trinajstić information content (AvgIpc) is 2.71. The first-order chi connectivity index (χ1) is 13.6. The van der Waals surface area contributed by atoms with Gasteiger partial charge in [-0.25, -0.2) is 0 Å². The highest BCUT2D eigenvalue weighted by Crippen LogP contribution is 2.29. The van der Waals surface area contributed by atoms with Crippen LogP contribution in [0.3, 0.4) is 0 Å². The molecule has 2 aromatic rings. The van der Waals surface area contributed by atoms with E-state index in [1.807, 2.05) is 20.8 Å². The second-order valence-electron chi connectivity index (χ2n) is 6.25. The molecule has 0 atom stereocenters. The van der Waals surface area contributed by atoms with Crippen LogP contribution in [-0.2, 0) is 0 Å². The summed E-state index contributed by atoms with van der Waals surface area (Å²) >= 11 is 0. The summed E-state index contributed by atoms with van der Waals surface area (Å²) in [6, 6.07) is 11.9. The highest BCUT2D eigenvalue weighted by Gasteiger charge is 2.13. The topological polar surface area (TPSA) is 76.7 Å². The molecule has 6 heteroatoms. The number of hydrogen-bond donors (Lipinski definition) is 2. The summed E-state index contributed by atoms with van der Waals surface area (Å²) in [7, 11) is 0. The van der Waals surface area contributed by atoms with Crippen molar-refractivity contribution in [3.8, 4) is 11.5 Å². The number of benzene rings is 2. The van der Waals surface area contributed by atoms with Gasteiger partial charge in [0.25, 0.3) is 11.8 Å². The Morgan fingerprint density at radius 2 is 1.39 bits per heavy atom. The Morgan fingerprint density at radius 1 is 0.786 bits per heavy atom. The molecule has 2 aromatic carbocycles. The molecule has 2 rings (SSSR count). The van der Waals surface area contributed by atoms with Gasteiger partial charge in [-0.1, -0.05) is 13.8 Å². The van der Waals surface area contributed by atoms with E-state index in [4.69, 9.17) is 9.47 Å². The fourth-order valence-electron chi connectivity index (χ4n) is 2.48. The maximum absolute atomic E-state index is 12.6. The average molecular weight is 384 g/mol. The summed E-state index contributed by atoms with van der Waals surface area (Å²) in [5, 5.41) is 5.57. The van der Waals surface area contributed by atoms with Crippen LogP contribution < -0.4 is 20.1 Å². The predicted octanol–water partition coefficient (Wildman–Crippen LogP) is 4.27. The molecule has 0 spiro atoms. The van der Waals surface area contributed by atoms with Crippen LogP contribution in [0.2, 0.25) is 0 Å². The van der Waals surface area contributed by atoms with Gasteiger partial charge in [-0.15, -0.1) is 0 Å². The van der Waals surface area contributed by atoms with E-state index in [1.54, 1.807) is 42.5 Å². The van der Waals surface area contributed by atoms with Gasteiger partial charge < -0.3 is 20.1 Å². The number of amides is 2. The van der Waals surface area contributed by atoms with Crippen molar-refractivity contribution in [1.82, 2.24) is 5.32 Å². The minimum Gasteiger partial charge on any atom is -0.490 e. The zero-order valence-electron chi connectivity index (χ0n) is 16.7. The molecule has 0 aromatic heterocycles. The molecule has 0 aliphatic rings. The van der Waals surface area contributed by atoms with Crippen molar-refractivity contribution in [1.29, 1.82) is 0 Å². The largest absolute Gasteiger partial charge is 0.490 e. The summed E-state index contributed by atoms with van der Waals surface area (Å²) in [4.78, 5) is 24.4. The minimum absolute atomic E-state index is 0.138. The van der Waals surface area contributed by atoms with Crippen molar-refractivity contribution >= 4 is 17.5 Å². The van der Waals surface area contributed by atoms with Crippen LogP contribution >= 0.6 is 0 Å². The zero-order chi connectivity index (χ0) is 20.4. The van der Waals surface area contributed by atoms with Crippen molar-refractivity contribution in [2.45, 2.75) is 33.6 Å². The first-order valence-corrected chi connectivity index (χ1v) is 9.68. The molecule has 0 fully saturated rings. The Kier molecular flexibility index (Phi) is 8.34. The first kappa shape index (κ1) is 21.3. The molecular formula is C22H28N2O4. The van der Waals surface area contributed by atoms with Crippen LogP contribution in [0.4, 0.5) is 5.69 Å². The summed E-state index contributed by atoms with van der Waals surface area (Å²) in [6.07, 6.45) is 1.75. The molecule has 2 N–H and O–H groups in total. The third-order valence-electron chi connectivity index (χ3n) is 3.87. The summed E-state index contributed by atoms with van der Waals surface area (Å²) in [5.74, 6) is 0.808. The smallest absolute Gasteiger partial charge is 0.255 e. The monoisotopic (exact) mass is 384 g/mol. The number of carbonyl (C=O) groups excluding carboxylic acids is 2. The highest BCUT2D eigenvalue weighted by molar-refractivity contribution is 6.05. The van der Waals surface area contributed by atoms with Crippen LogP contribution in [0.5, 0.6) is 11.5 Å². The molecule has 0 saturated heterocycles. The molecule has 0 unspecified atom stereocenters. The molecule has 0 saturated carbocycles. The van der Waals surface area contributed by atoms with Crippen molar-refractivity contribution in [3.05, 3.63) is 53.6 Å². The fraction of sp³-hybridized carbons (Fsp3) is 0.364. The van der Waals surface area contributed by atoms with Crippen molar-refractivity contribution < 1.29 is 19.1 Å². The van der Waals surface area contributed by atoms with E-state index in [-0.39, 0.29) is 11.8 Å². The number of nitrogens with one attached hydrogen (secondary N) is 2. The Balaban J connectivity index is 2.11. The third-order valence-corrected chi connectivity index (χ3v) is 3.87. The molecule has 0 radical (unpaired) electrons. The summed E-state index contributed by atoms with van der Waals surface area (Å²) in [6.45, 7) is 7.63. The second kappa shape index (κ2) is 11.0. The minimum atomic E-state index is -0.255. The predicted molar refractivity (Wildman–Crippen MR) is 110 cm³/mol. The number of hydrogen-bond acceptors (Lipinski definition) is 4. The van der Waals surface area contributed by atoms with Gasteiger partial charge in [0.15, 0.2) is 11.5 Å². The summed E-state index contributed by atoms with van der Waals surface area (Å²) < 4.78 is 11.4. The number of anilines is 1. The lowest BCUT2D eigenvalue weighted by Gasteiger charge is -2.14. The number of rotatable bonds is 10. The van der Waals surface area contributed by atoms with Gasteiger partial charge in [0.2, 0.25) is 0 Å². The lowest BCUT2D eigenvalue weighted by atomic mass is 10.1. The molecule has 0 aliphatic heterocycles. The highest BCUT2D eigenvalue weighted by atomic mass is 16.5.